The molecular weight excluding hydrogens is 410 g/mol. The van der Waals surface area contributed by atoms with Crippen molar-refractivity contribution in [2.45, 2.75) is 25.0 Å². The van der Waals surface area contributed by atoms with Crippen LogP contribution < -0.4 is 10.6 Å². The summed E-state index contributed by atoms with van der Waals surface area (Å²) in [6.07, 6.45) is 3.30. The number of carbonyl (C=O) groups excluding carboxylic acids is 1. The molecule has 0 radical (unpaired) electrons. The maximum absolute atomic E-state index is 14.0. The SMILES string of the molecule is N[C@H]1CN(c2ccncc2CC(=O)c2csc(-c3c(F)cccc3F)n2)CC[C@@H]1O. The van der Waals surface area contributed by atoms with Gasteiger partial charge in [0.25, 0.3) is 0 Å². The lowest BCUT2D eigenvalue weighted by atomic mass is 10.0. The normalized spacial score (nSPS) is 19.1. The van der Waals surface area contributed by atoms with Crippen molar-refractivity contribution < 1.29 is 18.7 Å². The summed E-state index contributed by atoms with van der Waals surface area (Å²) in [6, 6.07) is 5.04. The number of aliphatic hydroxyl groups is 1. The first-order chi connectivity index (χ1) is 14.4. The summed E-state index contributed by atoms with van der Waals surface area (Å²) in [5.41, 5.74) is 7.44. The van der Waals surface area contributed by atoms with Crippen LogP contribution >= 0.6 is 11.3 Å². The summed E-state index contributed by atoms with van der Waals surface area (Å²) < 4.78 is 28.0. The number of carbonyl (C=O) groups is 1. The molecule has 3 N–H and O–H groups in total. The lowest BCUT2D eigenvalue weighted by Crippen LogP contribution is -2.51. The number of hydrogen-bond acceptors (Lipinski definition) is 7. The molecule has 1 aliphatic rings. The van der Waals surface area contributed by atoms with E-state index < -0.39 is 17.7 Å². The van der Waals surface area contributed by atoms with Gasteiger partial charge >= 0.3 is 0 Å². The number of rotatable bonds is 5. The number of anilines is 1. The first-order valence-corrected chi connectivity index (χ1v) is 10.4. The standard InChI is InChI=1S/C21H20F2N4O2S/c22-13-2-1-3-14(23)20(13)21-26-16(11-30-21)19(29)8-12-9-25-6-4-17(12)27-7-5-18(28)15(24)10-27/h1-4,6,9,11,15,18,28H,5,7-8,10,24H2/t15-,18-/m0/s1. The second kappa shape index (κ2) is 8.55. The molecule has 3 aromatic rings. The Morgan fingerprint density at radius 1 is 1.30 bits per heavy atom. The molecule has 0 saturated carbocycles. The Bertz CT molecular complexity index is 1050. The van der Waals surface area contributed by atoms with E-state index in [0.717, 1.165) is 29.2 Å². The summed E-state index contributed by atoms with van der Waals surface area (Å²) in [6.45, 7) is 1.09. The molecular formula is C21H20F2N4O2S. The van der Waals surface area contributed by atoms with Crippen molar-refractivity contribution in [1.82, 2.24) is 9.97 Å². The Morgan fingerprint density at radius 3 is 2.80 bits per heavy atom. The number of thiazole rings is 1. The van der Waals surface area contributed by atoms with Gasteiger partial charge in [-0.2, -0.15) is 0 Å². The predicted molar refractivity (Wildman–Crippen MR) is 111 cm³/mol. The van der Waals surface area contributed by atoms with Gasteiger partial charge in [-0.15, -0.1) is 11.3 Å². The quantitative estimate of drug-likeness (QED) is 0.605. The van der Waals surface area contributed by atoms with Crippen molar-refractivity contribution in [3.05, 3.63) is 64.9 Å². The summed E-state index contributed by atoms with van der Waals surface area (Å²) in [7, 11) is 0. The van der Waals surface area contributed by atoms with Crippen LogP contribution in [0.25, 0.3) is 10.6 Å². The van der Waals surface area contributed by atoms with Crippen molar-refractivity contribution >= 4 is 22.8 Å². The van der Waals surface area contributed by atoms with Crippen LogP contribution in [0.2, 0.25) is 0 Å². The van der Waals surface area contributed by atoms with Crippen LogP contribution in [0.5, 0.6) is 0 Å². The highest BCUT2D eigenvalue weighted by Crippen LogP contribution is 2.30. The zero-order chi connectivity index (χ0) is 21.3. The van der Waals surface area contributed by atoms with Gasteiger partial charge in [-0.1, -0.05) is 6.07 Å². The van der Waals surface area contributed by atoms with Gasteiger partial charge in [0.1, 0.15) is 22.3 Å². The molecule has 0 unspecified atom stereocenters. The Hall–Kier alpha value is -2.75. The number of piperidine rings is 1. The van der Waals surface area contributed by atoms with Gasteiger partial charge in [-0.25, -0.2) is 13.8 Å². The number of aliphatic hydroxyl groups excluding tert-OH is 1. The second-order valence-electron chi connectivity index (χ2n) is 7.20. The maximum atomic E-state index is 14.0. The molecule has 1 aromatic carbocycles. The highest BCUT2D eigenvalue weighted by atomic mass is 32.1. The average Bonchev–Trinajstić information content (AvgIpc) is 3.20. The van der Waals surface area contributed by atoms with Gasteiger partial charge in [0.05, 0.1) is 11.7 Å². The fraction of sp³-hybridized carbons (Fsp3) is 0.286. The first kappa shape index (κ1) is 20.5. The van der Waals surface area contributed by atoms with Crippen LogP contribution in [0.3, 0.4) is 0 Å². The smallest absolute Gasteiger partial charge is 0.186 e. The second-order valence-corrected chi connectivity index (χ2v) is 8.06. The molecule has 1 aliphatic heterocycles. The third kappa shape index (κ3) is 4.09. The predicted octanol–water partition coefficient (Wildman–Crippen LogP) is 2.81. The zero-order valence-electron chi connectivity index (χ0n) is 16.0. The number of pyridine rings is 1. The number of ketones is 1. The molecule has 6 nitrogen and oxygen atoms in total. The molecule has 2 aromatic heterocycles. The Labute approximate surface area is 176 Å². The maximum Gasteiger partial charge on any atom is 0.186 e. The van der Waals surface area contributed by atoms with Crippen molar-refractivity contribution in [1.29, 1.82) is 0 Å². The van der Waals surface area contributed by atoms with Crippen LogP contribution in [0.4, 0.5) is 14.5 Å². The van der Waals surface area contributed by atoms with Gasteiger partial charge in [0.2, 0.25) is 0 Å². The van der Waals surface area contributed by atoms with E-state index in [9.17, 15) is 18.7 Å². The fourth-order valence-corrected chi connectivity index (χ4v) is 4.41. The highest BCUT2D eigenvalue weighted by Gasteiger charge is 2.27. The van der Waals surface area contributed by atoms with E-state index in [1.54, 1.807) is 12.4 Å². The molecule has 1 fully saturated rings. The van der Waals surface area contributed by atoms with E-state index in [4.69, 9.17) is 5.73 Å². The number of aromatic nitrogens is 2. The van der Waals surface area contributed by atoms with E-state index in [2.05, 4.69) is 9.97 Å². The molecule has 2 atom stereocenters. The third-order valence-corrected chi connectivity index (χ3v) is 6.02. The molecule has 3 heterocycles. The molecule has 30 heavy (non-hydrogen) atoms. The Kier molecular flexibility index (Phi) is 5.85. The lowest BCUT2D eigenvalue weighted by Gasteiger charge is -2.36. The van der Waals surface area contributed by atoms with Crippen LogP contribution in [0.15, 0.2) is 42.0 Å². The summed E-state index contributed by atoms with van der Waals surface area (Å²) in [5.74, 6) is -1.71. The monoisotopic (exact) mass is 430 g/mol. The zero-order valence-corrected chi connectivity index (χ0v) is 16.8. The van der Waals surface area contributed by atoms with Crippen molar-refractivity contribution in [2.24, 2.45) is 5.73 Å². The first-order valence-electron chi connectivity index (χ1n) is 9.48. The third-order valence-electron chi connectivity index (χ3n) is 5.16. The van der Waals surface area contributed by atoms with Crippen LogP contribution in [0, 0.1) is 11.6 Å². The molecule has 1 saturated heterocycles. The number of Topliss-reactive ketones (excluding diaryl/α,β-unsaturated/α-hetero) is 1. The van der Waals surface area contributed by atoms with Crippen molar-refractivity contribution in [2.75, 3.05) is 18.0 Å². The summed E-state index contributed by atoms with van der Waals surface area (Å²) in [5, 5.41) is 11.5. The molecule has 0 amide bonds. The van der Waals surface area contributed by atoms with E-state index in [1.807, 2.05) is 11.0 Å². The van der Waals surface area contributed by atoms with Gasteiger partial charge in [0.15, 0.2) is 5.78 Å². The molecule has 9 heteroatoms. The van der Waals surface area contributed by atoms with Gasteiger partial charge in [-0.3, -0.25) is 9.78 Å². The fourth-order valence-electron chi connectivity index (χ4n) is 3.54. The van der Waals surface area contributed by atoms with Gasteiger partial charge < -0.3 is 15.7 Å². The van der Waals surface area contributed by atoms with E-state index in [1.165, 1.54) is 11.4 Å². The van der Waals surface area contributed by atoms with Gasteiger partial charge in [-0.05, 0) is 24.6 Å². The largest absolute Gasteiger partial charge is 0.391 e. The summed E-state index contributed by atoms with van der Waals surface area (Å²) >= 11 is 1.02. The van der Waals surface area contributed by atoms with E-state index in [0.29, 0.717) is 25.1 Å². The van der Waals surface area contributed by atoms with Crippen molar-refractivity contribution in [3.8, 4) is 10.6 Å². The highest BCUT2D eigenvalue weighted by molar-refractivity contribution is 7.13. The van der Waals surface area contributed by atoms with Gasteiger partial charge in [0, 0.05) is 54.6 Å². The van der Waals surface area contributed by atoms with Crippen LogP contribution in [0.1, 0.15) is 22.5 Å². The van der Waals surface area contributed by atoms with E-state index in [-0.39, 0.29) is 34.5 Å². The molecule has 0 aliphatic carbocycles. The summed E-state index contributed by atoms with van der Waals surface area (Å²) in [4.78, 5) is 23.1. The molecule has 0 bridgehead atoms. The van der Waals surface area contributed by atoms with Crippen LogP contribution in [-0.4, -0.2) is 46.1 Å². The Balaban J connectivity index is 1.55. The average molecular weight is 430 g/mol. The number of hydrogen-bond donors (Lipinski definition) is 2. The minimum absolute atomic E-state index is 0.0421. The molecule has 156 valence electrons. The van der Waals surface area contributed by atoms with Crippen LogP contribution in [-0.2, 0) is 6.42 Å². The topological polar surface area (TPSA) is 92.3 Å². The number of nitrogens with two attached hydrogens (primary N) is 1. The lowest BCUT2D eigenvalue weighted by molar-refractivity contribution is 0.0988. The van der Waals surface area contributed by atoms with Crippen molar-refractivity contribution in [3.63, 3.8) is 0 Å². The number of nitrogens with zero attached hydrogens (tertiary/aromatic N) is 3. The molecule has 0 spiro atoms. The number of benzene rings is 1. The minimum atomic E-state index is -0.721. The Morgan fingerprint density at radius 2 is 2.07 bits per heavy atom. The van der Waals surface area contributed by atoms with E-state index >= 15 is 0 Å². The minimum Gasteiger partial charge on any atom is -0.391 e. The number of halogens is 2. The molecule has 4 rings (SSSR count).